The second-order valence-electron chi connectivity index (χ2n) is 7.15. The van der Waals surface area contributed by atoms with E-state index in [0.29, 0.717) is 6.04 Å². The summed E-state index contributed by atoms with van der Waals surface area (Å²) in [5.41, 5.74) is 2.65. The van der Waals surface area contributed by atoms with Gasteiger partial charge in [-0.05, 0) is 31.0 Å². The number of alkyl halides is 3. The summed E-state index contributed by atoms with van der Waals surface area (Å²) in [6, 6.07) is 7.72. The molecule has 1 aliphatic heterocycles. The number of halogens is 3. The Morgan fingerprint density at radius 2 is 1.93 bits per heavy atom. The van der Waals surface area contributed by atoms with E-state index in [-0.39, 0.29) is 5.82 Å². The molecule has 6 nitrogen and oxygen atoms in total. The van der Waals surface area contributed by atoms with E-state index in [9.17, 15) is 13.2 Å². The molecule has 1 fully saturated rings. The topological polar surface area (TPSA) is 64.0 Å². The van der Waals surface area contributed by atoms with E-state index < -0.39 is 12.7 Å². The number of ether oxygens (including phenoxy) is 1. The van der Waals surface area contributed by atoms with Gasteiger partial charge in [-0.2, -0.15) is 13.2 Å². The highest BCUT2D eigenvalue weighted by molar-refractivity contribution is 5.88. The van der Waals surface area contributed by atoms with E-state index in [1.54, 1.807) is 12.1 Å². The first-order chi connectivity index (χ1) is 13.9. The Bertz CT molecular complexity index is 995. The SMILES string of the molecule is Cn1c(-c2ccnc(NCC(F)(F)F)c2)cc2cnc(NC3CCOCC3)cc21. The minimum atomic E-state index is -4.29. The van der Waals surface area contributed by atoms with Crippen molar-refractivity contribution in [1.29, 1.82) is 0 Å². The summed E-state index contributed by atoms with van der Waals surface area (Å²) in [4.78, 5) is 8.49. The lowest BCUT2D eigenvalue weighted by Gasteiger charge is -2.23. The summed E-state index contributed by atoms with van der Waals surface area (Å²) in [6.45, 7) is 0.381. The van der Waals surface area contributed by atoms with Gasteiger partial charge in [0.2, 0.25) is 0 Å². The Hall–Kier alpha value is -2.81. The van der Waals surface area contributed by atoms with E-state index in [1.165, 1.54) is 6.20 Å². The van der Waals surface area contributed by atoms with Crippen molar-refractivity contribution in [1.82, 2.24) is 14.5 Å². The van der Waals surface area contributed by atoms with Crippen molar-refractivity contribution in [3.8, 4) is 11.3 Å². The molecule has 4 heterocycles. The van der Waals surface area contributed by atoms with Crippen LogP contribution in [0.25, 0.3) is 22.2 Å². The first-order valence-corrected chi connectivity index (χ1v) is 9.46. The molecule has 0 amide bonds. The summed E-state index contributed by atoms with van der Waals surface area (Å²) in [5, 5.41) is 6.74. The fourth-order valence-electron chi connectivity index (χ4n) is 3.52. The molecule has 0 aliphatic carbocycles. The largest absolute Gasteiger partial charge is 0.405 e. The number of fused-ring (bicyclic) bond motifs is 1. The van der Waals surface area contributed by atoms with E-state index in [1.807, 2.05) is 29.9 Å². The zero-order valence-electron chi connectivity index (χ0n) is 16.0. The highest BCUT2D eigenvalue weighted by Gasteiger charge is 2.26. The van der Waals surface area contributed by atoms with E-state index >= 15 is 0 Å². The average Bonchev–Trinajstić information content (AvgIpc) is 3.03. The zero-order chi connectivity index (χ0) is 20.4. The smallest absolute Gasteiger partial charge is 0.381 e. The molecule has 3 aromatic heterocycles. The summed E-state index contributed by atoms with van der Waals surface area (Å²) >= 11 is 0. The Morgan fingerprint density at radius 1 is 1.14 bits per heavy atom. The van der Waals surface area contributed by atoms with Gasteiger partial charge in [0.15, 0.2) is 0 Å². The third-order valence-electron chi connectivity index (χ3n) is 5.03. The van der Waals surface area contributed by atoms with Crippen molar-refractivity contribution < 1.29 is 17.9 Å². The molecule has 0 radical (unpaired) electrons. The van der Waals surface area contributed by atoms with Crippen LogP contribution in [-0.2, 0) is 11.8 Å². The lowest BCUT2D eigenvalue weighted by molar-refractivity contribution is -0.115. The summed E-state index contributed by atoms with van der Waals surface area (Å²) < 4.78 is 44.8. The number of aryl methyl sites for hydroxylation is 1. The van der Waals surface area contributed by atoms with Crippen LogP contribution in [-0.4, -0.2) is 46.5 Å². The van der Waals surface area contributed by atoms with Crippen LogP contribution in [0.4, 0.5) is 24.8 Å². The summed E-state index contributed by atoms with van der Waals surface area (Å²) in [6.07, 6.45) is 0.912. The fraction of sp³-hybridized carbons (Fsp3) is 0.400. The third kappa shape index (κ3) is 4.61. The quantitative estimate of drug-likeness (QED) is 0.666. The number of aromatic nitrogens is 3. The maximum absolute atomic E-state index is 12.5. The molecular formula is C20H22F3N5O. The van der Waals surface area contributed by atoms with Gasteiger partial charge in [-0.3, -0.25) is 0 Å². The molecule has 29 heavy (non-hydrogen) atoms. The number of anilines is 2. The molecule has 0 aromatic carbocycles. The third-order valence-corrected chi connectivity index (χ3v) is 5.03. The highest BCUT2D eigenvalue weighted by Crippen LogP contribution is 2.29. The summed E-state index contributed by atoms with van der Waals surface area (Å²) in [5.74, 6) is 0.990. The van der Waals surface area contributed by atoms with Crippen molar-refractivity contribution in [3.63, 3.8) is 0 Å². The standard InChI is InChI=1S/C20H22F3N5O/c1-28-16(13-2-5-24-18(9-13)26-12-20(21,22)23)8-14-11-25-19(10-17(14)28)27-15-3-6-29-7-4-15/h2,5,8-11,15H,3-4,6-7,12H2,1H3,(H,24,26)(H,25,27). The molecule has 0 unspecified atom stereocenters. The lowest BCUT2D eigenvalue weighted by Crippen LogP contribution is -2.28. The fourth-order valence-corrected chi connectivity index (χ4v) is 3.52. The predicted molar refractivity (Wildman–Crippen MR) is 106 cm³/mol. The predicted octanol–water partition coefficient (Wildman–Crippen LogP) is 4.20. The van der Waals surface area contributed by atoms with Gasteiger partial charge in [0, 0.05) is 61.4 Å². The molecule has 0 bridgehead atoms. The van der Waals surface area contributed by atoms with E-state index in [0.717, 1.165) is 54.0 Å². The number of nitrogens with one attached hydrogen (secondary N) is 2. The zero-order valence-corrected chi connectivity index (χ0v) is 16.0. The van der Waals surface area contributed by atoms with Gasteiger partial charge in [0.25, 0.3) is 0 Å². The number of pyridine rings is 2. The van der Waals surface area contributed by atoms with Gasteiger partial charge in [0.1, 0.15) is 18.2 Å². The van der Waals surface area contributed by atoms with Crippen molar-refractivity contribution in [3.05, 3.63) is 36.7 Å². The molecule has 1 saturated heterocycles. The number of hydrogen-bond acceptors (Lipinski definition) is 5. The van der Waals surface area contributed by atoms with Crippen LogP contribution in [0.15, 0.2) is 36.7 Å². The van der Waals surface area contributed by atoms with Crippen molar-refractivity contribution in [2.24, 2.45) is 7.05 Å². The van der Waals surface area contributed by atoms with Crippen LogP contribution < -0.4 is 10.6 Å². The van der Waals surface area contributed by atoms with Crippen LogP contribution in [0.2, 0.25) is 0 Å². The van der Waals surface area contributed by atoms with E-state index in [4.69, 9.17) is 4.74 Å². The molecule has 0 spiro atoms. The minimum Gasteiger partial charge on any atom is -0.381 e. The van der Waals surface area contributed by atoms with Gasteiger partial charge in [0.05, 0.1) is 5.52 Å². The van der Waals surface area contributed by atoms with Gasteiger partial charge in [-0.1, -0.05) is 0 Å². The molecule has 0 saturated carbocycles. The normalized spacial score (nSPS) is 15.6. The molecule has 0 atom stereocenters. The van der Waals surface area contributed by atoms with Gasteiger partial charge in [-0.25, -0.2) is 9.97 Å². The molecule has 9 heteroatoms. The second-order valence-corrected chi connectivity index (χ2v) is 7.15. The van der Waals surface area contributed by atoms with Gasteiger partial charge in [-0.15, -0.1) is 0 Å². The molecule has 2 N–H and O–H groups in total. The summed E-state index contributed by atoms with van der Waals surface area (Å²) in [7, 11) is 1.93. The molecular weight excluding hydrogens is 383 g/mol. The Morgan fingerprint density at radius 3 is 2.69 bits per heavy atom. The maximum atomic E-state index is 12.5. The van der Waals surface area contributed by atoms with Gasteiger partial charge < -0.3 is 19.9 Å². The number of rotatable bonds is 5. The van der Waals surface area contributed by atoms with Crippen molar-refractivity contribution >= 4 is 22.5 Å². The number of hydrogen-bond donors (Lipinski definition) is 2. The lowest BCUT2D eigenvalue weighted by atomic mass is 10.1. The van der Waals surface area contributed by atoms with Crippen LogP contribution >= 0.6 is 0 Å². The highest BCUT2D eigenvalue weighted by atomic mass is 19.4. The molecule has 154 valence electrons. The number of nitrogens with zero attached hydrogens (tertiary/aromatic N) is 3. The second kappa shape index (κ2) is 7.90. The minimum absolute atomic E-state index is 0.185. The molecule has 1 aliphatic rings. The first-order valence-electron chi connectivity index (χ1n) is 9.46. The van der Waals surface area contributed by atoms with Gasteiger partial charge >= 0.3 is 6.18 Å². The first kappa shape index (κ1) is 19.5. The molecule has 3 aromatic rings. The van der Waals surface area contributed by atoms with Crippen LogP contribution in [0.3, 0.4) is 0 Å². The Kier molecular flexibility index (Phi) is 5.31. The van der Waals surface area contributed by atoms with Crippen LogP contribution in [0.5, 0.6) is 0 Å². The van der Waals surface area contributed by atoms with Crippen LogP contribution in [0.1, 0.15) is 12.8 Å². The average molecular weight is 405 g/mol. The monoisotopic (exact) mass is 405 g/mol. The Labute approximate surface area is 166 Å². The maximum Gasteiger partial charge on any atom is 0.405 e. The van der Waals surface area contributed by atoms with Crippen LogP contribution in [0, 0.1) is 0 Å². The molecule has 4 rings (SSSR count). The van der Waals surface area contributed by atoms with E-state index in [2.05, 4.69) is 20.6 Å². The Balaban J connectivity index is 1.59. The van der Waals surface area contributed by atoms with Crippen molar-refractivity contribution in [2.75, 3.05) is 30.4 Å². The van der Waals surface area contributed by atoms with Crippen molar-refractivity contribution in [2.45, 2.75) is 25.1 Å².